The van der Waals surface area contributed by atoms with Crippen LogP contribution in [0.3, 0.4) is 0 Å². The van der Waals surface area contributed by atoms with Crippen LogP contribution in [0.1, 0.15) is 63.0 Å². The van der Waals surface area contributed by atoms with Crippen LogP contribution in [0.25, 0.3) is 6.08 Å². The third-order valence-corrected chi connectivity index (χ3v) is 4.33. The molecule has 31 heavy (non-hydrogen) atoms. The van der Waals surface area contributed by atoms with Gasteiger partial charge in [-0.1, -0.05) is 42.0 Å². The highest BCUT2D eigenvalue weighted by Crippen LogP contribution is 2.27. The highest BCUT2D eigenvalue weighted by Gasteiger charge is 2.30. The second-order valence-corrected chi connectivity index (χ2v) is 9.53. The Morgan fingerprint density at radius 2 is 1.42 bits per heavy atom. The first-order valence-corrected chi connectivity index (χ1v) is 10.2. The Morgan fingerprint density at radius 3 is 2.00 bits per heavy atom. The molecule has 0 fully saturated rings. The summed E-state index contributed by atoms with van der Waals surface area (Å²) in [6.07, 6.45) is 1.53. The maximum absolute atomic E-state index is 13.4. The number of ether oxygens (including phenoxy) is 2. The molecule has 164 valence electrons. The van der Waals surface area contributed by atoms with Crippen LogP contribution in [-0.4, -0.2) is 17.7 Å². The standard InChI is InChI=1S/C26H30O5/c1-17-11-10-12-18(15-17)16-21(31-24(29)26(5,6)7)22(27)19-13-8-9-14-20(19)30-23(28)25(2,3)4/h8-16H,1-7H3. The number of hydrogen-bond acceptors (Lipinski definition) is 5. The third-order valence-electron chi connectivity index (χ3n) is 4.33. The minimum Gasteiger partial charge on any atom is -0.425 e. The van der Waals surface area contributed by atoms with Crippen molar-refractivity contribution in [3.8, 4) is 5.75 Å². The molecule has 0 aromatic heterocycles. The first-order chi connectivity index (χ1) is 14.3. The SMILES string of the molecule is Cc1cccc(C=C(OC(=O)C(C)(C)C)C(=O)c2ccccc2OC(=O)C(C)(C)C)c1. The van der Waals surface area contributed by atoms with Gasteiger partial charge in [0.1, 0.15) is 5.75 Å². The number of carbonyl (C=O) groups is 3. The molecule has 0 radical (unpaired) electrons. The molecular formula is C26H30O5. The number of carbonyl (C=O) groups excluding carboxylic acids is 3. The molecule has 0 atom stereocenters. The molecule has 0 unspecified atom stereocenters. The van der Waals surface area contributed by atoms with E-state index in [9.17, 15) is 14.4 Å². The molecule has 0 saturated carbocycles. The first kappa shape index (κ1) is 24.1. The lowest BCUT2D eigenvalue weighted by Crippen LogP contribution is -2.27. The third kappa shape index (κ3) is 6.64. The normalized spacial score (nSPS) is 12.3. The highest BCUT2D eigenvalue weighted by atomic mass is 16.5. The zero-order chi connectivity index (χ0) is 23.4. The summed E-state index contributed by atoms with van der Waals surface area (Å²) in [6.45, 7) is 12.3. The number of benzene rings is 2. The van der Waals surface area contributed by atoms with Crippen molar-refractivity contribution in [3.63, 3.8) is 0 Å². The average Bonchev–Trinajstić information content (AvgIpc) is 2.66. The number of para-hydroxylation sites is 1. The molecule has 5 nitrogen and oxygen atoms in total. The van der Waals surface area contributed by atoms with E-state index in [4.69, 9.17) is 9.47 Å². The Hall–Kier alpha value is -3.21. The summed E-state index contributed by atoms with van der Waals surface area (Å²) in [6, 6.07) is 13.9. The molecule has 5 heteroatoms. The molecule has 0 aliphatic carbocycles. The molecule has 2 aromatic rings. The molecule has 0 aliphatic rings. The Bertz CT molecular complexity index is 1020. The lowest BCUT2D eigenvalue weighted by molar-refractivity contribution is -0.148. The van der Waals surface area contributed by atoms with Gasteiger partial charge in [0.15, 0.2) is 5.76 Å². The van der Waals surface area contributed by atoms with E-state index in [-0.39, 0.29) is 17.1 Å². The van der Waals surface area contributed by atoms with E-state index in [0.717, 1.165) is 5.56 Å². The van der Waals surface area contributed by atoms with Crippen LogP contribution in [0.15, 0.2) is 54.3 Å². The lowest BCUT2D eigenvalue weighted by atomic mass is 9.97. The topological polar surface area (TPSA) is 69.7 Å². The fourth-order valence-electron chi connectivity index (χ4n) is 2.43. The average molecular weight is 423 g/mol. The quantitative estimate of drug-likeness (QED) is 0.201. The Labute approximate surface area is 184 Å². The monoisotopic (exact) mass is 422 g/mol. The second-order valence-electron chi connectivity index (χ2n) is 9.53. The Kier molecular flexibility index (Phi) is 7.21. The van der Waals surface area contributed by atoms with Gasteiger partial charge in [0.05, 0.1) is 16.4 Å². The van der Waals surface area contributed by atoms with Gasteiger partial charge in [-0.05, 0) is 72.2 Å². The number of esters is 2. The number of ketones is 1. The molecular weight excluding hydrogens is 392 g/mol. The zero-order valence-corrected chi connectivity index (χ0v) is 19.2. The second kappa shape index (κ2) is 9.29. The van der Waals surface area contributed by atoms with E-state index < -0.39 is 28.6 Å². The summed E-state index contributed by atoms with van der Waals surface area (Å²) in [4.78, 5) is 38.4. The summed E-state index contributed by atoms with van der Waals surface area (Å²) in [5, 5.41) is 0. The lowest BCUT2D eigenvalue weighted by Gasteiger charge is -2.19. The van der Waals surface area contributed by atoms with E-state index in [1.165, 1.54) is 6.08 Å². The maximum Gasteiger partial charge on any atom is 0.316 e. The molecule has 0 amide bonds. The summed E-state index contributed by atoms with van der Waals surface area (Å²) in [5.41, 5.74) is 0.316. The van der Waals surface area contributed by atoms with Gasteiger partial charge in [0.25, 0.3) is 0 Å². The van der Waals surface area contributed by atoms with Crippen molar-refractivity contribution < 1.29 is 23.9 Å². The molecule has 0 heterocycles. The first-order valence-electron chi connectivity index (χ1n) is 10.2. The van der Waals surface area contributed by atoms with Crippen LogP contribution in [0, 0.1) is 17.8 Å². The van der Waals surface area contributed by atoms with Crippen molar-refractivity contribution in [2.45, 2.75) is 48.5 Å². The predicted molar refractivity (Wildman–Crippen MR) is 121 cm³/mol. The van der Waals surface area contributed by atoms with Crippen molar-refractivity contribution >= 4 is 23.8 Å². The van der Waals surface area contributed by atoms with E-state index in [1.807, 2.05) is 31.2 Å². The zero-order valence-electron chi connectivity index (χ0n) is 19.2. The van der Waals surface area contributed by atoms with Gasteiger partial charge in [0.2, 0.25) is 5.78 Å². The van der Waals surface area contributed by atoms with Crippen LogP contribution in [0.2, 0.25) is 0 Å². The molecule has 0 aliphatic heterocycles. The maximum atomic E-state index is 13.4. The summed E-state index contributed by atoms with van der Waals surface area (Å²) in [7, 11) is 0. The number of hydrogen-bond donors (Lipinski definition) is 0. The molecule has 0 spiro atoms. The van der Waals surface area contributed by atoms with Crippen LogP contribution < -0.4 is 4.74 Å². The van der Waals surface area contributed by atoms with Crippen LogP contribution in [0.4, 0.5) is 0 Å². The summed E-state index contributed by atoms with van der Waals surface area (Å²) < 4.78 is 11.0. The molecule has 0 saturated heterocycles. The fourth-order valence-corrected chi connectivity index (χ4v) is 2.43. The van der Waals surface area contributed by atoms with E-state index >= 15 is 0 Å². The smallest absolute Gasteiger partial charge is 0.316 e. The van der Waals surface area contributed by atoms with E-state index in [1.54, 1.807) is 65.8 Å². The van der Waals surface area contributed by atoms with Crippen molar-refractivity contribution in [2.75, 3.05) is 0 Å². The van der Waals surface area contributed by atoms with Gasteiger partial charge < -0.3 is 9.47 Å². The number of allylic oxidation sites excluding steroid dienone is 1. The predicted octanol–water partition coefficient (Wildman–Crippen LogP) is 5.76. The molecule has 2 aromatic carbocycles. The van der Waals surface area contributed by atoms with E-state index in [2.05, 4.69) is 0 Å². The number of rotatable bonds is 5. The van der Waals surface area contributed by atoms with Crippen LogP contribution >= 0.6 is 0 Å². The molecule has 0 bridgehead atoms. The van der Waals surface area contributed by atoms with Crippen molar-refractivity contribution in [1.82, 2.24) is 0 Å². The molecule has 2 rings (SSSR count). The largest absolute Gasteiger partial charge is 0.425 e. The summed E-state index contributed by atoms with van der Waals surface area (Å²) >= 11 is 0. The minimum atomic E-state index is -0.801. The molecule has 0 N–H and O–H groups in total. The van der Waals surface area contributed by atoms with E-state index in [0.29, 0.717) is 5.56 Å². The van der Waals surface area contributed by atoms with Crippen LogP contribution in [-0.2, 0) is 14.3 Å². The van der Waals surface area contributed by atoms with Crippen molar-refractivity contribution in [1.29, 1.82) is 0 Å². The van der Waals surface area contributed by atoms with Gasteiger partial charge in [-0.15, -0.1) is 0 Å². The van der Waals surface area contributed by atoms with Gasteiger partial charge in [-0.2, -0.15) is 0 Å². The Morgan fingerprint density at radius 1 is 0.806 bits per heavy atom. The van der Waals surface area contributed by atoms with Gasteiger partial charge in [-0.3, -0.25) is 14.4 Å². The van der Waals surface area contributed by atoms with Gasteiger partial charge in [-0.25, -0.2) is 0 Å². The number of aryl methyl sites for hydroxylation is 1. The van der Waals surface area contributed by atoms with Gasteiger partial charge >= 0.3 is 11.9 Å². The van der Waals surface area contributed by atoms with Crippen molar-refractivity contribution in [3.05, 3.63) is 71.0 Å². The van der Waals surface area contributed by atoms with Crippen molar-refractivity contribution in [2.24, 2.45) is 10.8 Å². The number of Topliss-reactive ketones (excluding diaryl/α,β-unsaturated/α-hetero) is 1. The summed E-state index contributed by atoms with van der Waals surface area (Å²) in [5.74, 6) is -1.57. The minimum absolute atomic E-state index is 0.120. The Balaban J connectivity index is 2.51. The highest BCUT2D eigenvalue weighted by molar-refractivity contribution is 6.13. The van der Waals surface area contributed by atoms with Gasteiger partial charge in [0, 0.05) is 0 Å². The van der Waals surface area contributed by atoms with Crippen LogP contribution in [0.5, 0.6) is 5.75 Å². The fraction of sp³-hybridized carbons (Fsp3) is 0.346.